The Hall–Kier alpha value is -1.73. The zero-order valence-corrected chi connectivity index (χ0v) is 15.3. The number of nitrogens with zero attached hydrogens (tertiary/aromatic N) is 2. The van der Waals surface area contributed by atoms with Crippen LogP contribution in [-0.4, -0.2) is 40.4 Å². The van der Waals surface area contributed by atoms with Crippen LogP contribution in [0, 0.1) is 13.8 Å². The van der Waals surface area contributed by atoms with Gasteiger partial charge in [-0.05, 0) is 47.2 Å². The Morgan fingerprint density at radius 1 is 1.35 bits per heavy atom. The monoisotopic (exact) mass is 336 g/mol. The number of thiophene rings is 1. The molecule has 2 aromatic heterocycles. The third kappa shape index (κ3) is 3.79. The predicted molar refractivity (Wildman–Crippen MR) is 94.0 cm³/mol. The van der Waals surface area contributed by atoms with Gasteiger partial charge in [-0.15, -0.1) is 11.3 Å². The van der Waals surface area contributed by atoms with Crippen molar-refractivity contribution in [3.63, 3.8) is 0 Å². The Balaban J connectivity index is 2.25. The highest BCUT2D eigenvalue weighted by Gasteiger charge is 2.20. The van der Waals surface area contributed by atoms with Gasteiger partial charge in [0, 0.05) is 10.9 Å². The molecule has 0 spiro atoms. The van der Waals surface area contributed by atoms with E-state index in [4.69, 9.17) is 0 Å². The fraction of sp³-hybridized carbons (Fsp3) is 0.562. The average molecular weight is 336 g/mol. The SMILES string of the molecule is Cc1sc2nc(C(C)N(C)CC(=O)NC(C)C)[nH]c(=O)c2c1C. The van der Waals surface area contributed by atoms with E-state index in [1.54, 1.807) is 0 Å². The number of nitrogens with one attached hydrogen (secondary N) is 2. The summed E-state index contributed by atoms with van der Waals surface area (Å²) in [5, 5.41) is 3.53. The molecule has 0 aliphatic rings. The van der Waals surface area contributed by atoms with Gasteiger partial charge >= 0.3 is 0 Å². The zero-order valence-electron chi connectivity index (χ0n) is 14.5. The summed E-state index contributed by atoms with van der Waals surface area (Å²) in [6, 6.07) is -0.0507. The van der Waals surface area contributed by atoms with Crippen LogP contribution in [0.25, 0.3) is 10.2 Å². The maximum Gasteiger partial charge on any atom is 0.259 e. The van der Waals surface area contributed by atoms with E-state index in [9.17, 15) is 9.59 Å². The topological polar surface area (TPSA) is 78.1 Å². The van der Waals surface area contributed by atoms with Crippen LogP contribution in [0.2, 0.25) is 0 Å². The van der Waals surface area contributed by atoms with Gasteiger partial charge in [0.25, 0.3) is 5.56 Å². The maximum absolute atomic E-state index is 12.3. The van der Waals surface area contributed by atoms with Crippen LogP contribution in [0.5, 0.6) is 0 Å². The Kier molecular flexibility index (Phi) is 5.21. The lowest BCUT2D eigenvalue weighted by molar-refractivity contribution is -0.122. The molecule has 0 saturated heterocycles. The number of fused-ring (bicyclic) bond motifs is 1. The molecule has 0 aliphatic heterocycles. The maximum atomic E-state index is 12.3. The summed E-state index contributed by atoms with van der Waals surface area (Å²) in [7, 11) is 1.85. The standard InChI is InChI=1S/C16H24N4O2S/c1-8(2)17-12(21)7-20(6)10(4)14-18-15(22)13-9(3)11(5)23-16(13)19-14/h8,10H,7H2,1-6H3,(H,17,21)(H,18,19,22). The number of hydrogen-bond donors (Lipinski definition) is 2. The van der Waals surface area contributed by atoms with E-state index < -0.39 is 0 Å². The first kappa shape index (κ1) is 17.6. The van der Waals surface area contributed by atoms with Crippen molar-refractivity contribution in [2.24, 2.45) is 0 Å². The van der Waals surface area contributed by atoms with Gasteiger partial charge in [0.05, 0.1) is 18.0 Å². The Morgan fingerprint density at radius 2 is 2.00 bits per heavy atom. The number of carbonyl (C=O) groups excluding carboxylic acids is 1. The molecule has 0 fully saturated rings. The number of aromatic amines is 1. The van der Waals surface area contributed by atoms with Crippen molar-refractivity contribution in [1.82, 2.24) is 20.2 Å². The molecule has 7 heteroatoms. The van der Waals surface area contributed by atoms with Gasteiger partial charge in [-0.3, -0.25) is 14.5 Å². The minimum absolute atomic E-state index is 0.0411. The van der Waals surface area contributed by atoms with Gasteiger partial charge in [-0.1, -0.05) is 0 Å². The first-order chi connectivity index (χ1) is 10.7. The molecule has 1 atom stereocenters. The molecular formula is C16H24N4O2S. The number of aryl methyl sites for hydroxylation is 2. The number of aromatic nitrogens is 2. The number of H-pyrrole nitrogens is 1. The lowest BCUT2D eigenvalue weighted by Gasteiger charge is -2.23. The molecule has 0 bridgehead atoms. The number of likely N-dealkylation sites (N-methyl/N-ethyl adjacent to an activating group) is 1. The second kappa shape index (κ2) is 6.80. The normalized spacial score (nSPS) is 13.0. The molecule has 0 saturated carbocycles. The van der Waals surface area contributed by atoms with Crippen LogP contribution < -0.4 is 10.9 Å². The molecule has 2 N–H and O–H groups in total. The molecule has 126 valence electrons. The zero-order chi connectivity index (χ0) is 17.3. The van der Waals surface area contributed by atoms with Gasteiger partial charge in [0.15, 0.2) is 0 Å². The van der Waals surface area contributed by atoms with Crippen molar-refractivity contribution >= 4 is 27.5 Å². The van der Waals surface area contributed by atoms with E-state index in [0.717, 1.165) is 15.3 Å². The van der Waals surface area contributed by atoms with E-state index in [2.05, 4.69) is 15.3 Å². The van der Waals surface area contributed by atoms with Crippen LogP contribution >= 0.6 is 11.3 Å². The molecule has 0 aliphatic carbocycles. The third-order valence-electron chi connectivity index (χ3n) is 3.96. The van der Waals surface area contributed by atoms with E-state index in [1.165, 1.54) is 11.3 Å². The van der Waals surface area contributed by atoms with Crippen molar-refractivity contribution < 1.29 is 4.79 Å². The fourth-order valence-corrected chi connectivity index (χ4v) is 3.45. The van der Waals surface area contributed by atoms with Crippen LogP contribution in [0.3, 0.4) is 0 Å². The summed E-state index contributed by atoms with van der Waals surface area (Å²) in [5.41, 5.74) is 0.876. The molecule has 2 aromatic rings. The molecule has 0 aromatic carbocycles. The minimum Gasteiger partial charge on any atom is -0.353 e. The van der Waals surface area contributed by atoms with Gasteiger partial charge in [0.2, 0.25) is 5.91 Å². The Bertz CT molecular complexity index is 778. The summed E-state index contributed by atoms with van der Waals surface area (Å²) < 4.78 is 0. The van der Waals surface area contributed by atoms with E-state index in [-0.39, 0.29) is 30.1 Å². The van der Waals surface area contributed by atoms with Crippen LogP contribution in [0.4, 0.5) is 0 Å². The largest absolute Gasteiger partial charge is 0.353 e. The summed E-state index contributed by atoms with van der Waals surface area (Å²) in [6.45, 7) is 9.97. The number of hydrogen-bond acceptors (Lipinski definition) is 5. The lowest BCUT2D eigenvalue weighted by Crippen LogP contribution is -2.39. The molecule has 2 rings (SSSR count). The van der Waals surface area contributed by atoms with E-state index in [0.29, 0.717) is 11.2 Å². The van der Waals surface area contributed by atoms with Gasteiger partial charge < -0.3 is 10.3 Å². The molecule has 1 amide bonds. The summed E-state index contributed by atoms with van der Waals surface area (Å²) in [4.78, 5) is 35.4. The van der Waals surface area contributed by atoms with Crippen LogP contribution in [0.1, 0.15) is 43.1 Å². The second-order valence-corrected chi connectivity index (χ2v) is 7.43. The first-order valence-electron chi connectivity index (χ1n) is 7.70. The Labute approximate surface area is 139 Å². The third-order valence-corrected chi connectivity index (χ3v) is 5.06. The molecule has 1 unspecified atom stereocenters. The predicted octanol–water partition coefficient (Wildman–Crippen LogP) is 2.12. The molecule has 2 heterocycles. The molecule has 23 heavy (non-hydrogen) atoms. The number of amides is 1. The molecule has 6 nitrogen and oxygen atoms in total. The van der Waals surface area contributed by atoms with Crippen molar-refractivity contribution in [3.8, 4) is 0 Å². The van der Waals surface area contributed by atoms with Gasteiger partial charge in [0.1, 0.15) is 10.7 Å². The summed E-state index contributed by atoms with van der Waals surface area (Å²) in [6.07, 6.45) is 0. The molecule has 0 radical (unpaired) electrons. The number of carbonyl (C=O) groups is 1. The first-order valence-corrected chi connectivity index (χ1v) is 8.51. The quantitative estimate of drug-likeness (QED) is 0.877. The average Bonchev–Trinajstić information content (AvgIpc) is 2.72. The van der Waals surface area contributed by atoms with Gasteiger partial charge in [-0.2, -0.15) is 0 Å². The van der Waals surface area contributed by atoms with Crippen molar-refractivity contribution in [2.45, 2.75) is 46.7 Å². The second-order valence-electron chi connectivity index (χ2n) is 6.23. The summed E-state index contributed by atoms with van der Waals surface area (Å²) in [5.74, 6) is 0.546. The lowest BCUT2D eigenvalue weighted by atomic mass is 10.2. The van der Waals surface area contributed by atoms with Crippen molar-refractivity contribution in [1.29, 1.82) is 0 Å². The van der Waals surface area contributed by atoms with Crippen LogP contribution in [-0.2, 0) is 4.79 Å². The Morgan fingerprint density at radius 3 is 2.61 bits per heavy atom. The highest BCUT2D eigenvalue weighted by molar-refractivity contribution is 7.18. The van der Waals surface area contributed by atoms with Crippen LogP contribution in [0.15, 0.2) is 4.79 Å². The van der Waals surface area contributed by atoms with Crippen molar-refractivity contribution in [2.75, 3.05) is 13.6 Å². The highest BCUT2D eigenvalue weighted by atomic mass is 32.1. The number of rotatable bonds is 5. The van der Waals surface area contributed by atoms with E-state index >= 15 is 0 Å². The summed E-state index contributed by atoms with van der Waals surface area (Å²) >= 11 is 1.53. The minimum atomic E-state index is -0.160. The fourth-order valence-electron chi connectivity index (χ4n) is 2.41. The van der Waals surface area contributed by atoms with E-state index in [1.807, 2.05) is 46.6 Å². The molecular weight excluding hydrogens is 312 g/mol. The highest BCUT2D eigenvalue weighted by Crippen LogP contribution is 2.27. The van der Waals surface area contributed by atoms with Gasteiger partial charge in [-0.25, -0.2) is 4.98 Å². The smallest absolute Gasteiger partial charge is 0.259 e. The van der Waals surface area contributed by atoms with Crippen molar-refractivity contribution in [3.05, 3.63) is 26.6 Å².